The first-order valence-corrected chi connectivity index (χ1v) is 19.1. The molecule has 1 atom stereocenters. The molecule has 11 nitrogen and oxygen atoms in total. The number of nitrogens with one attached hydrogen (secondary N) is 2. The van der Waals surface area contributed by atoms with Crippen molar-refractivity contribution in [2.75, 3.05) is 56.8 Å². The molecular weight excluding hydrogens is 687 g/mol. The highest BCUT2D eigenvalue weighted by molar-refractivity contribution is 7.99. The van der Waals surface area contributed by atoms with Gasteiger partial charge in [-0.3, -0.25) is 14.9 Å². The van der Waals surface area contributed by atoms with Crippen LogP contribution in [0.25, 0.3) is 6.08 Å². The molecule has 1 aliphatic heterocycles. The number of rotatable bonds is 15. The Labute approximate surface area is 303 Å². The van der Waals surface area contributed by atoms with Crippen LogP contribution in [0.5, 0.6) is 5.75 Å². The van der Waals surface area contributed by atoms with Crippen LogP contribution in [0.2, 0.25) is 0 Å². The summed E-state index contributed by atoms with van der Waals surface area (Å²) < 4.78 is 34.1. The van der Waals surface area contributed by atoms with Gasteiger partial charge < -0.3 is 19.9 Å². The molecule has 0 aromatic heterocycles. The van der Waals surface area contributed by atoms with E-state index in [4.69, 9.17) is 4.74 Å². The lowest BCUT2D eigenvalue weighted by Crippen LogP contribution is -2.31. The zero-order chi connectivity index (χ0) is 36.4. The number of nitro benzene ring substituents is 1. The molecule has 51 heavy (non-hydrogen) atoms. The molecule has 0 saturated carbocycles. The summed E-state index contributed by atoms with van der Waals surface area (Å²) in [6.07, 6.45) is 4.64. The van der Waals surface area contributed by atoms with Crippen LogP contribution in [0.1, 0.15) is 35.2 Å². The summed E-state index contributed by atoms with van der Waals surface area (Å²) >= 11 is 1.63. The number of carbonyl (C=O) groups is 1. The average molecular weight is 730 g/mol. The Morgan fingerprint density at radius 3 is 2.35 bits per heavy atom. The van der Waals surface area contributed by atoms with Crippen molar-refractivity contribution in [1.82, 2.24) is 9.62 Å². The van der Waals surface area contributed by atoms with Gasteiger partial charge in [0.2, 0.25) is 0 Å². The molecule has 1 amide bonds. The monoisotopic (exact) mass is 729 g/mol. The van der Waals surface area contributed by atoms with Gasteiger partial charge in [-0.05, 0) is 94.5 Å². The minimum Gasteiger partial charge on any atom is -0.496 e. The van der Waals surface area contributed by atoms with Gasteiger partial charge >= 0.3 is 0 Å². The van der Waals surface area contributed by atoms with Crippen LogP contribution >= 0.6 is 11.8 Å². The number of hydrogen-bond donors (Lipinski definition) is 2. The zero-order valence-corrected chi connectivity index (χ0v) is 30.6. The first kappa shape index (κ1) is 37.4. The maximum absolute atomic E-state index is 13.3. The molecule has 0 aliphatic carbocycles. The van der Waals surface area contributed by atoms with Crippen LogP contribution < -0.4 is 19.7 Å². The van der Waals surface area contributed by atoms with E-state index in [9.17, 15) is 23.3 Å². The number of nitrogens with zero attached hydrogens (tertiary/aromatic N) is 3. The molecular formula is C38H43N5O6S2. The van der Waals surface area contributed by atoms with Crippen molar-refractivity contribution < 1.29 is 22.9 Å². The van der Waals surface area contributed by atoms with Crippen molar-refractivity contribution in [1.29, 1.82) is 0 Å². The number of hydrogen-bond acceptors (Lipinski definition) is 10. The molecule has 2 N–H and O–H groups in total. The van der Waals surface area contributed by atoms with E-state index in [1.165, 1.54) is 17.7 Å². The topological polar surface area (TPSA) is 134 Å². The molecule has 1 aliphatic rings. The fourth-order valence-electron chi connectivity index (χ4n) is 5.76. The van der Waals surface area contributed by atoms with Crippen LogP contribution in [-0.2, 0) is 10.0 Å². The summed E-state index contributed by atoms with van der Waals surface area (Å²) in [5.41, 5.74) is 3.27. The second-order valence-corrected chi connectivity index (χ2v) is 15.3. The number of anilines is 2. The maximum Gasteiger partial charge on any atom is 0.293 e. The molecule has 0 bridgehead atoms. The van der Waals surface area contributed by atoms with Gasteiger partial charge in [0, 0.05) is 52.7 Å². The number of ether oxygens (including phenoxy) is 1. The fourth-order valence-corrected chi connectivity index (χ4v) is 7.75. The predicted octanol–water partition coefficient (Wildman–Crippen LogP) is 6.93. The summed E-state index contributed by atoms with van der Waals surface area (Å²) in [6, 6.07) is 28.0. The third-order valence-electron chi connectivity index (χ3n) is 8.58. The van der Waals surface area contributed by atoms with Crippen molar-refractivity contribution in [2.24, 2.45) is 0 Å². The van der Waals surface area contributed by atoms with Crippen molar-refractivity contribution in [3.63, 3.8) is 0 Å². The Morgan fingerprint density at radius 2 is 1.69 bits per heavy atom. The third-order valence-corrected chi connectivity index (χ3v) is 11.1. The van der Waals surface area contributed by atoms with Crippen molar-refractivity contribution in [3.8, 4) is 5.75 Å². The summed E-state index contributed by atoms with van der Waals surface area (Å²) in [7, 11) is 1.17. The van der Waals surface area contributed by atoms with Crippen LogP contribution in [0, 0.1) is 10.1 Å². The lowest BCUT2D eigenvalue weighted by Gasteiger charge is -2.30. The molecule has 1 saturated heterocycles. The normalized spacial score (nSPS) is 13.8. The average Bonchev–Trinajstić information content (AvgIpc) is 3.13. The van der Waals surface area contributed by atoms with E-state index in [0.717, 1.165) is 60.4 Å². The van der Waals surface area contributed by atoms with E-state index in [2.05, 4.69) is 21.0 Å². The van der Waals surface area contributed by atoms with Crippen molar-refractivity contribution in [2.45, 2.75) is 35.1 Å². The third kappa shape index (κ3) is 10.3. The molecule has 13 heteroatoms. The lowest BCUT2D eigenvalue weighted by atomic mass is 10.00. The summed E-state index contributed by atoms with van der Waals surface area (Å²) in [6.45, 7) is 2.35. The predicted molar refractivity (Wildman–Crippen MR) is 204 cm³/mol. The number of thioether (sulfide) groups is 1. The molecule has 0 spiro atoms. The number of sulfonamides is 1. The van der Waals surface area contributed by atoms with Gasteiger partial charge in [0.15, 0.2) is 0 Å². The van der Waals surface area contributed by atoms with Crippen LogP contribution in [-0.4, -0.2) is 76.8 Å². The molecule has 0 unspecified atom stereocenters. The highest BCUT2D eigenvalue weighted by Gasteiger charge is 2.25. The Hall–Kier alpha value is -4.85. The summed E-state index contributed by atoms with van der Waals surface area (Å²) in [5, 5.41) is 15.4. The summed E-state index contributed by atoms with van der Waals surface area (Å²) in [4.78, 5) is 29.5. The van der Waals surface area contributed by atoms with E-state index < -0.39 is 26.5 Å². The van der Waals surface area contributed by atoms with E-state index in [0.29, 0.717) is 12.2 Å². The van der Waals surface area contributed by atoms with Gasteiger partial charge in [-0.15, -0.1) is 11.8 Å². The van der Waals surface area contributed by atoms with Gasteiger partial charge in [0.25, 0.3) is 21.6 Å². The van der Waals surface area contributed by atoms with E-state index >= 15 is 0 Å². The first-order valence-electron chi connectivity index (χ1n) is 16.6. The maximum atomic E-state index is 13.3. The highest BCUT2D eigenvalue weighted by atomic mass is 32.2. The Kier molecular flexibility index (Phi) is 12.8. The standard InChI is InChI=1S/C38H43N5O6S2/c1-41(2)22-21-31(27-50-33-10-5-4-6-11-33)39-35-18-17-34(26-36(35)43(45)46)51(47,48)40-38(44)29-13-15-32(16-14-29)42-23-19-28(20-24-42)25-30-9-7-8-12-37(30)49-3/h4-18,25-26,31,39H,19-24,27H2,1-3H3,(H,40,44)/t31-/m1/s1. The molecule has 1 fully saturated rings. The van der Waals surface area contributed by atoms with Gasteiger partial charge in [-0.2, -0.15) is 0 Å². The van der Waals surface area contributed by atoms with Crippen LogP contribution in [0.4, 0.5) is 17.1 Å². The number of nitro groups is 1. The molecule has 268 valence electrons. The quantitative estimate of drug-likeness (QED) is 0.0754. The number of piperidine rings is 1. The minimum atomic E-state index is -4.41. The van der Waals surface area contributed by atoms with Gasteiger partial charge in [0.05, 0.1) is 16.9 Å². The second-order valence-electron chi connectivity index (χ2n) is 12.5. The van der Waals surface area contributed by atoms with Gasteiger partial charge in [0.1, 0.15) is 11.4 Å². The van der Waals surface area contributed by atoms with Gasteiger partial charge in [-0.1, -0.05) is 48.0 Å². The summed E-state index contributed by atoms with van der Waals surface area (Å²) in [5.74, 6) is 0.655. The van der Waals surface area contributed by atoms with Crippen molar-refractivity contribution in [3.05, 3.63) is 124 Å². The lowest BCUT2D eigenvalue weighted by molar-refractivity contribution is -0.384. The molecule has 5 rings (SSSR count). The first-order chi connectivity index (χ1) is 24.5. The minimum absolute atomic E-state index is 0.136. The Balaban J connectivity index is 1.22. The molecule has 1 heterocycles. The Morgan fingerprint density at radius 1 is 1.00 bits per heavy atom. The zero-order valence-electron chi connectivity index (χ0n) is 28.9. The van der Waals surface area contributed by atoms with Crippen molar-refractivity contribution >= 4 is 50.8 Å². The van der Waals surface area contributed by atoms with Crippen LogP contribution in [0.15, 0.2) is 112 Å². The number of amides is 1. The van der Waals surface area contributed by atoms with E-state index in [1.807, 2.05) is 73.6 Å². The fraction of sp³-hybridized carbons (Fsp3) is 0.289. The SMILES string of the molecule is COc1ccccc1C=C1CCN(c2ccc(C(=O)NS(=O)(=O)c3ccc(N[C@H](CCN(C)C)CSc4ccccc4)c([N+](=O)[O-])c3)cc2)CC1. The highest BCUT2D eigenvalue weighted by Crippen LogP contribution is 2.31. The smallest absolute Gasteiger partial charge is 0.293 e. The number of methoxy groups -OCH3 is 1. The number of carbonyl (C=O) groups excluding carboxylic acids is 1. The van der Waals surface area contributed by atoms with E-state index in [1.54, 1.807) is 43.1 Å². The van der Waals surface area contributed by atoms with E-state index in [-0.39, 0.29) is 22.2 Å². The molecule has 4 aromatic rings. The molecule has 0 radical (unpaired) electrons. The number of para-hydroxylation sites is 1. The van der Waals surface area contributed by atoms with Crippen LogP contribution in [0.3, 0.4) is 0 Å². The second kappa shape index (κ2) is 17.4. The Bertz CT molecular complexity index is 1940. The molecule has 4 aromatic carbocycles. The van der Waals surface area contributed by atoms with Gasteiger partial charge in [-0.25, -0.2) is 13.1 Å². The largest absolute Gasteiger partial charge is 0.496 e. The number of benzene rings is 4.